The van der Waals surface area contributed by atoms with Crippen molar-refractivity contribution in [2.24, 2.45) is 5.92 Å². The smallest absolute Gasteiger partial charge is 0.245 e. The van der Waals surface area contributed by atoms with Gasteiger partial charge in [-0.05, 0) is 71.8 Å². The Hall–Kier alpha value is -5.35. The van der Waals surface area contributed by atoms with Gasteiger partial charge in [-0.25, -0.2) is 0 Å². The molecule has 0 radical (unpaired) electrons. The van der Waals surface area contributed by atoms with Crippen molar-refractivity contribution in [3.63, 3.8) is 0 Å². The number of carbonyl (C=O) groups is 9. The van der Waals surface area contributed by atoms with E-state index in [1.165, 1.54) is 44.4 Å². The number of carbonyl (C=O) groups excluding carboxylic acids is 9. The number of ketones is 1. The molecule has 0 aromatic heterocycles. The molecule has 6 N–H and O–H groups in total. The zero-order chi connectivity index (χ0) is 41.9. The number of likely N-dealkylation sites (tertiary alicyclic amines) is 2. The summed E-state index contributed by atoms with van der Waals surface area (Å²) in [7, 11) is 0. The fourth-order valence-corrected chi connectivity index (χ4v) is 6.77. The minimum atomic E-state index is -1.14. The molecule has 2 fully saturated rings. The van der Waals surface area contributed by atoms with Crippen molar-refractivity contribution in [3.05, 3.63) is 35.9 Å². The Morgan fingerprint density at radius 2 is 1.07 bits per heavy atom. The van der Waals surface area contributed by atoms with E-state index in [2.05, 4.69) is 31.9 Å². The normalized spacial score (nSPS) is 19.7. The van der Waals surface area contributed by atoms with Gasteiger partial charge in [0.05, 0.1) is 6.04 Å². The predicted octanol–water partition coefficient (Wildman–Crippen LogP) is -0.536. The summed E-state index contributed by atoms with van der Waals surface area (Å²) in [6.07, 6.45) is 1.77. The van der Waals surface area contributed by atoms with Gasteiger partial charge in [0, 0.05) is 26.4 Å². The highest BCUT2D eigenvalue weighted by molar-refractivity contribution is 5.98. The number of benzene rings is 1. The Morgan fingerprint density at radius 3 is 1.55 bits per heavy atom. The third-order valence-corrected chi connectivity index (χ3v) is 10.1. The fraction of sp³-hybridized carbons (Fsp3) is 0.615. The standard InChI is InChI=1S/C39H58N8O9/c1-21(2)32(37(54)41-22(3)26(7)48)45-36(53)31-17-13-19-47(31)39(56)25(6)43-34(51)29(20-28-14-10-9-11-15-28)44-35(52)30-16-12-18-46(30)38(55)24(5)42-33(50)23(4)40-27(8)49/h9-11,14-15,21-25,29-32H,12-13,16-20H2,1-8H3,(H,40,49)(H,41,54)(H,42,50)(H,43,51)(H,44,52)(H,45,53). The number of nitrogens with one attached hydrogen (secondary N) is 6. The molecule has 0 aliphatic carbocycles. The molecule has 1 aromatic carbocycles. The molecule has 2 aliphatic heterocycles. The summed E-state index contributed by atoms with van der Waals surface area (Å²) in [5, 5.41) is 15.9. The molecule has 8 unspecified atom stereocenters. The van der Waals surface area contributed by atoms with Crippen LogP contribution in [0.25, 0.3) is 0 Å². The molecular weight excluding hydrogens is 724 g/mol. The van der Waals surface area contributed by atoms with E-state index in [4.69, 9.17) is 0 Å². The first-order valence-corrected chi connectivity index (χ1v) is 19.3. The van der Waals surface area contributed by atoms with Gasteiger partial charge in [0.2, 0.25) is 47.3 Å². The Bertz CT molecular complexity index is 1640. The minimum absolute atomic E-state index is 0.0726. The highest BCUT2D eigenvalue weighted by atomic mass is 16.2. The van der Waals surface area contributed by atoms with Gasteiger partial charge in [-0.3, -0.25) is 43.2 Å². The van der Waals surface area contributed by atoms with E-state index in [1.54, 1.807) is 45.0 Å². The van der Waals surface area contributed by atoms with Crippen molar-refractivity contribution in [2.45, 2.75) is 136 Å². The van der Waals surface area contributed by atoms with Crippen molar-refractivity contribution in [1.82, 2.24) is 41.7 Å². The monoisotopic (exact) mass is 782 g/mol. The van der Waals surface area contributed by atoms with Gasteiger partial charge >= 0.3 is 0 Å². The van der Waals surface area contributed by atoms with Crippen LogP contribution in [0.4, 0.5) is 0 Å². The average molecular weight is 783 g/mol. The van der Waals surface area contributed by atoms with Crippen molar-refractivity contribution in [3.8, 4) is 0 Å². The summed E-state index contributed by atoms with van der Waals surface area (Å²) in [5.41, 5.74) is 0.730. The summed E-state index contributed by atoms with van der Waals surface area (Å²) >= 11 is 0. The molecular formula is C39H58N8O9. The molecule has 2 saturated heterocycles. The van der Waals surface area contributed by atoms with Crippen molar-refractivity contribution >= 4 is 53.0 Å². The number of hydrogen-bond acceptors (Lipinski definition) is 9. The maximum Gasteiger partial charge on any atom is 0.245 e. The minimum Gasteiger partial charge on any atom is -0.345 e. The molecule has 2 aliphatic rings. The fourth-order valence-electron chi connectivity index (χ4n) is 6.77. The number of Topliss-reactive ketones (excluding diaryl/α,β-unsaturated/α-hetero) is 1. The molecule has 0 saturated carbocycles. The maximum atomic E-state index is 13.9. The molecule has 17 nitrogen and oxygen atoms in total. The lowest BCUT2D eigenvalue weighted by Crippen LogP contribution is -2.59. The second-order valence-electron chi connectivity index (χ2n) is 15.1. The average Bonchev–Trinajstić information content (AvgIpc) is 3.83. The summed E-state index contributed by atoms with van der Waals surface area (Å²) in [6, 6.07) is 1.34. The third-order valence-electron chi connectivity index (χ3n) is 10.1. The number of hydrogen-bond donors (Lipinski definition) is 6. The van der Waals surface area contributed by atoms with E-state index in [9.17, 15) is 43.2 Å². The molecule has 1 aromatic rings. The summed E-state index contributed by atoms with van der Waals surface area (Å²) < 4.78 is 0. The molecule has 8 atom stereocenters. The van der Waals surface area contributed by atoms with Crippen molar-refractivity contribution in [2.75, 3.05) is 13.1 Å². The van der Waals surface area contributed by atoms with Gasteiger partial charge in [0.15, 0.2) is 5.78 Å². The van der Waals surface area contributed by atoms with Gasteiger partial charge in [-0.1, -0.05) is 44.2 Å². The second-order valence-corrected chi connectivity index (χ2v) is 15.1. The zero-order valence-corrected chi connectivity index (χ0v) is 33.6. The maximum absolute atomic E-state index is 13.9. The van der Waals surface area contributed by atoms with Crippen LogP contribution < -0.4 is 31.9 Å². The molecule has 308 valence electrons. The molecule has 17 heteroatoms. The predicted molar refractivity (Wildman–Crippen MR) is 205 cm³/mol. The lowest BCUT2D eigenvalue weighted by molar-refractivity contribution is -0.143. The molecule has 56 heavy (non-hydrogen) atoms. The highest BCUT2D eigenvalue weighted by Crippen LogP contribution is 2.21. The van der Waals surface area contributed by atoms with Crippen LogP contribution in [0, 0.1) is 5.92 Å². The molecule has 8 amide bonds. The highest BCUT2D eigenvalue weighted by Gasteiger charge is 2.41. The Labute approximate surface area is 328 Å². The van der Waals surface area contributed by atoms with Crippen LogP contribution in [-0.2, 0) is 49.6 Å². The first kappa shape index (κ1) is 45.0. The van der Waals surface area contributed by atoms with E-state index in [0.29, 0.717) is 25.7 Å². The largest absolute Gasteiger partial charge is 0.345 e. The van der Waals surface area contributed by atoms with Gasteiger partial charge in [0.25, 0.3) is 0 Å². The lowest BCUT2D eigenvalue weighted by Gasteiger charge is -2.31. The summed E-state index contributed by atoms with van der Waals surface area (Å²) in [6.45, 7) is 12.6. The van der Waals surface area contributed by atoms with Crippen LogP contribution in [0.1, 0.15) is 86.6 Å². The van der Waals surface area contributed by atoms with Crippen molar-refractivity contribution < 1.29 is 43.2 Å². The van der Waals surface area contributed by atoms with Gasteiger partial charge in [-0.2, -0.15) is 0 Å². The van der Waals surface area contributed by atoms with Crippen LogP contribution in [0.2, 0.25) is 0 Å². The summed E-state index contributed by atoms with van der Waals surface area (Å²) in [5.74, 6) is -4.80. The topological polar surface area (TPSA) is 232 Å². The van der Waals surface area contributed by atoms with Crippen molar-refractivity contribution in [1.29, 1.82) is 0 Å². The van der Waals surface area contributed by atoms with E-state index >= 15 is 0 Å². The molecule has 3 rings (SSSR count). The Balaban J connectivity index is 1.71. The van der Waals surface area contributed by atoms with Gasteiger partial charge in [0.1, 0.15) is 42.3 Å². The second kappa shape index (κ2) is 20.5. The first-order valence-electron chi connectivity index (χ1n) is 19.3. The number of rotatable bonds is 17. The zero-order valence-electron chi connectivity index (χ0n) is 33.6. The van der Waals surface area contributed by atoms with Crippen LogP contribution in [0.15, 0.2) is 30.3 Å². The lowest BCUT2D eigenvalue weighted by atomic mass is 10.0. The van der Waals surface area contributed by atoms with E-state index in [1.807, 2.05) is 6.07 Å². The van der Waals surface area contributed by atoms with Crippen LogP contribution in [0.3, 0.4) is 0 Å². The number of amides is 8. The third kappa shape index (κ3) is 12.3. The Kier molecular flexibility index (Phi) is 16.5. The van der Waals surface area contributed by atoms with Crippen LogP contribution in [0.5, 0.6) is 0 Å². The summed E-state index contributed by atoms with van der Waals surface area (Å²) in [4.78, 5) is 120. The SMILES string of the molecule is CC(=O)NC(C)C(=O)NC(C)C(=O)N1CCCC1C(=O)NC(Cc1ccccc1)C(=O)NC(C)C(=O)N1CCCC1C(=O)NC(C(=O)NC(C)C(C)=O)C(C)C. The molecule has 2 heterocycles. The molecule has 0 spiro atoms. The first-order chi connectivity index (χ1) is 26.3. The quantitative estimate of drug-likeness (QED) is 0.119. The van der Waals surface area contributed by atoms with E-state index < -0.39 is 95.6 Å². The number of nitrogens with zero attached hydrogens (tertiary/aromatic N) is 2. The van der Waals surface area contributed by atoms with E-state index in [-0.39, 0.29) is 31.2 Å². The van der Waals surface area contributed by atoms with Crippen LogP contribution in [-0.4, -0.2) is 124 Å². The van der Waals surface area contributed by atoms with E-state index in [0.717, 1.165) is 5.56 Å². The van der Waals surface area contributed by atoms with Gasteiger partial charge < -0.3 is 41.7 Å². The Morgan fingerprint density at radius 1 is 0.589 bits per heavy atom. The molecule has 0 bridgehead atoms. The van der Waals surface area contributed by atoms with Crippen LogP contribution >= 0.6 is 0 Å². The van der Waals surface area contributed by atoms with Gasteiger partial charge in [-0.15, -0.1) is 0 Å².